The largest absolute Gasteiger partial charge is 0.504 e. The van der Waals surface area contributed by atoms with Crippen molar-refractivity contribution >= 4 is 5.78 Å². The molecule has 3 heteroatoms. The van der Waals surface area contributed by atoms with E-state index in [1.54, 1.807) is 24.3 Å². The number of phenols is 1. The van der Waals surface area contributed by atoms with Gasteiger partial charge in [0.15, 0.2) is 11.5 Å². The Morgan fingerprint density at radius 1 is 1.27 bits per heavy atom. The molecule has 0 fully saturated rings. The molecule has 3 nitrogen and oxygen atoms in total. The number of carbonyl (C=O) groups is 1. The minimum atomic E-state index is 0.181. The SMILES string of the molecule is CCC(=O)CC.COc1ccccc1O. The van der Waals surface area contributed by atoms with Crippen molar-refractivity contribution in [1.82, 2.24) is 0 Å². The maximum absolute atomic E-state index is 10.2. The summed E-state index contributed by atoms with van der Waals surface area (Å²) in [5.74, 6) is 1.03. The molecule has 0 saturated carbocycles. The average Bonchev–Trinajstić information content (AvgIpc) is 2.29. The van der Waals surface area contributed by atoms with E-state index >= 15 is 0 Å². The van der Waals surface area contributed by atoms with Crippen molar-refractivity contribution < 1.29 is 14.6 Å². The lowest BCUT2D eigenvalue weighted by Gasteiger charge is -1.99. The highest BCUT2D eigenvalue weighted by atomic mass is 16.5. The second kappa shape index (κ2) is 7.85. The zero-order valence-electron chi connectivity index (χ0n) is 9.49. The van der Waals surface area contributed by atoms with E-state index in [0.717, 1.165) is 0 Å². The van der Waals surface area contributed by atoms with Crippen LogP contribution in [0.25, 0.3) is 0 Å². The monoisotopic (exact) mass is 210 g/mol. The molecule has 0 aliphatic rings. The van der Waals surface area contributed by atoms with Crippen molar-refractivity contribution in [2.75, 3.05) is 7.11 Å². The first-order valence-electron chi connectivity index (χ1n) is 4.99. The lowest BCUT2D eigenvalue weighted by molar-refractivity contribution is -0.118. The molecule has 1 N–H and O–H groups in total. The summed E-state index contributed by atoms with van der Waals surface area (Å²) >= 11 is 0. The summed E-state index contributed by atoms with van der Waals surface area (Å²) in [5.41, 5.74) is 0. The van der Waals surface area contributed by atoms with Gasteiger partial charge < -0.3 is 9.84 Å². The first-order chi connectivity index (χ1) is 7.15. The van der Waals surface area contributed by atoms with Crippen LogP contribution in [0, 0.1) is 0 Å². The molecule has 1 aromatic rings. The molecular weight excluding hydrogens is 192 g/mol. The number of methoxy groups -OCH3 is 1. The van der Waals surface area contributed by atoms with Gasteiger partial charge in [-0.1, -0.05) is 26.0 Å². The molecule has 0 bridgehead atoms. The molecule has 0 amide bonds. The van der Waals surface area contributed by atoms with Gasteiger partial charge in [-0.3, -0.25) is 4.79 Å². The van der Waals surface area contributed by atoms with Crippen molar-refractivity contribution in [3.8, 4) is 11.5 Å². The Morgan fingerprint density at radius 3 is 2.07 bits per heavy atom. The fourth-order valence-electron chi connectivity index (χ4n) is 0.880. The second-order valence-corrected chi connectivity index (χ2v) is 2.92. The Labute approximate surface area is 90.7 Å². The van der Waals surface area contributed by atoms with Crippen LogP contribution in [0.3, 0.4) is 0 Å². The van der Waals surface area contributed by atoms with E-state index in [1.807, 2.05) is 13.8 Å². The standard InChI is InChI=1S/C7H8O2.C5H10O/c1-9-7-5-3-2-4-6(7)8;1-3-5(6)4-2/h2-5,8H,1H3;3-4H2,1-2H3. The smallest absolute Gasteiger partial charge is 0.160 e. The van der Waals surface area contributed by atoms with Crippen LogP contribution in [0.4, 0.5) is 0 Å². The molecule has 1 rings (SSSR count). The first-order valence-corrected chi connectivity index (χ1v) is 4.99. The molecule has 0 aromatic heterocycles. The minimum Gasteiger partial charge on any atom is -0.504 e. The van der Waals surface area contributed by atoms with Crippen LogP contribution in [0.5, 0.6) is 11.5 Å². The fraction of sp³-hybridized carbons (Fsp3) is 0.417. The third kappa shape index (κ3) is 5.73. The molecule has 0 heterocycles. The van der Waals surface area contributed by atoms with Crippen LogP contribution < -0.4 is 4.74 Å². The van der Waals surface area contributed by atoms with E-state index in [1.165, 1.54) is 7.11 Å². The lowest BCUT2D eigenvalue weighted by Crippen LogP contribution is -1.88. The van der Waals surface area contributed by atoms with Gasteiger partial charge in [0.2, 0.25) is 0 Å². The number of aromatic hydroxyl groups is 1. The van der Waals surface area contributed by atoms with Crippen LogP contribution in [0.2, 0.25) is 0 Å². The highest BCUT2D eigenvalue weighted by molar-refractivity contribution is 5.77. The summed E-state index contributed by atoms with van der Waals surface area (Å²) in [4.78, 5) is 10.2. The number of ether oxygens (including phenoxy) is 1. The van der Waals surface area contributed by atoms with Gasteiger partial charge in [-0.2, -0.15) is 0 Å². The number of para-hydroxylation sites is 2. The van der Waals surface area contributed by atoms with Gasteiger partial charge in [-0.25, -0.2) is 0 Å². The van der Waals surface area contributed by atoms with E-state index in [4.69, 9.17) is 9.84 Å². The number of benzene rings is 1. The number of ketones is 1. The number of phenolic OH excluding ortho intramolecular Hbond substituents is 1. The minimum absolute atomic E-state index is 0.181. The predicted molar refractivity (Wildman–Crippen MR) is 60.2 cm³/mol. The van der Waals surface area contributed by atoms with Gasteiger partial charge in [0, 0.05) is 12.8 Å². The first kappa shape index (κ1) is 13.5. The summed E-state index contributed by atoms with van der Waals surface area (Å²) in [6.45, 7) is 3.76. The average molecular weight is 210 g/mol. The van der Waals surface area contributed by atoms with Crippen molar-refractivity contribution in [3.05, 3.63) is 24.3 Å². The van der Waals surface area contributed by atoms with Crippen molar-refractivity contribution in [2.24, 2.45) is 0 Å². The van der Waals surface area contributed by atoms with Crippen LogP contribution >= 0.6 is 0 Å². The molecule has 0 aliphatic heterocycles. The van der Waals surface area contributed by atoms with Gasteiger partial charge in [-0.15, -0.1) is 0 Å². The van der Waals surface area contributed by atoms with E-state index < -0.39 is 0 Å². The molecule has 1 aromatic carbocycles. The third-order valence-corrected chi connectivity index (χ3v) is 1.87. The number of hydrogen-bond acceptors (Lipinski definition) is 3. The summed E-state index contributed by atoms with van der Waals surface area (Å²) < 4.78 is 4.79. The molecule has 0 unspecified atom stereocenters. The summed E-state index contributed by atoms with van der Waals surface area (Å²) in [6.07, 6.45) is 1.38. The highest BCUT2D eigenvalue weighted by Crippen LogP contribution is 2.22. The normalized spacial score (nSPS) is 8.73. The molecule has 0 atom stereocenters. The van der Waals surface area contributed by atoms with E-state index in [2.05, 4.69) is 0 Å². The Kier molecular flexibility index (Phi) is 7.06. The molecule has 84 valence electrons. The lowest BCUT2D eigenvalue weighted by atomic mass is 10.3. The summed E-state index contributed by atoms with van der Waals surface area (Å²) in [7, 11) is 1.52. The number of Topliss-reactive ketones (excluding diaryl/α,β-unsaturated/α-hetero) is 1. The molecule has 0 radical (unpaired) electrons. The Bertz CT molecular complexity index is 289. The van der Waals surface area contributed by atoms with Crippen LogP contribution in [0.15, 0.2) is 24.3 Å². The Morgan fingerprint density at radius 2 is 1.80 bits per heavy atom. The van der Waals surface area contributed by atoms with Gasteiger partial charge in [0.1, 0.15) is 5.78 Å². The highest BCUT2D eigenvalue weighted by Gasteiger charge is 1.94. The van der Waals surface area contributed by atoms with E-state index in [-0.39, 0.29) is 5.75 Å². The Hall–Kier alpha value is -1.51. The van der Waals surface area contributed by atoms with Gasteiger partial charge in [0.05, 0.1) is 7.11 Å². The summed E-state index contributed by atoms with van der Waals surface area (Å²) in [6, 6.07) is 6.84. The zero-order valence-corrected chi connectivity index (χ0v) is 9.49. The maximum Gasteiger partial charge on any atom is 0.160 e. The topological polar surface area (TPSA) is 46.5 Å². The van der Waals surface area contributed by atoms with E-state index in [0.29, 0.717) is 24.4 Å². The van der Waals surface area contributed by atoms with Crippen molar-refractivity contribution in [1.29, 1.82) is 0 Å². The van der Waals surface area contributed by atoms with Crippen molar-refractivity contribution in [3.63, 3.8) is 0 Å². The van der Waals surface area contributed by atoms with Gasteiger partial charge in [0.25, 0.3) is 0 Å². The van der Waals surface area contributed by atoms with Crippen LogP contribution in [-0.4, -0.2) is 18.0 Å². The maximum atomic E-state index is 10.2. The molecule has 0 aliphatic carbocycles. The van der Waals surface area contributed by atoms with E-state index in [9.17, 15) is 4.79 Å². The predicted octanol–water partition coefficient (Wildman–Crippen LogP) is 2.78. The number of carbonyl (C=O) groups excluding carboxylic acids is 1. The second-order valence-electron chi connectivity index (χ2n) is 2.92. The zero-order chi connectivity index (χ0) is 11.7. The van der Waals surface area contributed by atoms with Gasteiger partial charge >= 0.3 is 0 Å². The quantitative estimate of drug-likeness (QED) is 0.834. The van der Waals surface area contributed by atoms with Gasteiger partial charge in [-0.05, 0) is 12.1 Å². The molecular formula is C12H18O3. The molecule has 0 saturated heterocycles. The molecule has 15 heavy (non-hydrogen) atoms. The number of rotatable bonds is 3. The summed E-state index contributed by atoms with van der Waals surface area (Å²) in [5, 5.41) is 8.99. The Balaban J connectivity index is 0.000000288. The fourth-order valence-corrected chi connectivity index (χ4v) is 0.880. The van der Waals surface area contributed by atoms with Crippen LogP contribution in [0.1, 0.15) is 26.7 Å². The van der Waals surface area contributed by atoms with Crippen molar-refractivity contribution in [2.45, 2.75) is 26.7 Å². The van der Waals surface area contributed by atoms with Crippen LogP contribution in [-0.2, 0) is 4.79 Å². The third-order valence-electron chi connectivity index (χ3n) is 1.87. The molecule has 0 spiro atoms. The number of hydrogen-bond donors (Lipinski definition) is 1.